The molecule has 0 fully saturated rings. The molecular weight excluding hydrogens is 430 g/mol. The Morgan fingerprint density at radius 1 is 1.19 bits per heavy atom. The molecule has 0 aliphatic heterocycles. The second-order valence-corrected chi connectivity index (χ2v) is 6.86. The fourth-order valence-electron chi connectivity index (χ4n) is 3.10. The lowest BCUT2D eigenvalue weighted by Gasteiger charge is -2.18. The first-order valence-electron chi connectivity index (χ1n) is 9.32. The van der Waals surface area contributed by atoms with Crippen LogP contribution in [0, 0.1) is 5.82 Å². The molecule has 32 heavy (non-hydrogen) atoms. The van der Waals surface area contributed by atoms with Crippen LogP contribution in [0.2, 0.25) is 0 Å². The SMILES string of the molecule is C[C@H](c1ccc(F)cc1C(F)(F)F)n1cc(NC(=O)c2cc(-c3ccccn3)on2)cn1. The molecule has 7 nitrogen and oxygen atoms in total. The third-order valence-electron chi connectivity index (χ3n) is 4.69. The van der Waals surface area contributed by atoms with E-state index in [1.54, 1.807) is 24.4 Å². The third-order valence-corrected chi connectivity index (χ3v) is 4.69. The van der Waals surface area contributed by atoms with Crippen LogP contribution in [0.4, 0.5) is 23.2 Å². The number of nitrogens with zero attached hydrogens (tertiary/aromatic N) is 4. The summed E-state index contributed by atoms with van der Waals surface area (Å²) in [6.07, 6.45) is -0.511. The van der Waals surface area contributed by atoms with Crippen molar-refractivity contribution in [3.8, 4) is 11.5 Å². The van der Waals surface area contributed by atoms with E-state index in [-0.39, 0.29) is 16.9 Å². The van der Waals surface area contributed by atoms with E-state index in [4.69, 9.17) is 4.52 Å². The van der Waals surface area contributed by atoms with E-state index in [0.717, 1.165) is 12.1 Å². The van der Waals surface area contributed by atoms with Crippen molar-refractivity contribution in [2.75, 3.05) is 5.32 Å². The van der Waals surface area contributed by atoms with Gasteiger partial charge in [-0.05, 0) is 36.8 Å². The Balaban J connectivity index is 1.51. The molecule has 0 unspecified atom stereocenters. The number of nitrogens with one attached hydrogen (secondary N) is 1. The second kappa shape index (κ2) is 8.25. The van der Waals surface area contributed by atoms with Gasteiger partial charge in [0.25, 0.3) is 5.91 Å². The lowest BCUT2D eigenvalue weighted by atomic mass is 10.0. The number of halogens is 4. The van der Waals surface area contributed by atoms with Gasteiger partial charge in [-0.3, -0.25) is 14.5 Å². The number of carbonyl (C=O) groups is 1. The molecule has 164 valence electrons. The summed E-state index contributed by atoms with van der Waals surface area (Å²) in [6, 6.07) is 8.19. The maximum absolute atomic E-state index is 13.4. The minimum atomic E-state index is -4.73. The molecule has 0 aliphatic rings. The number of carbonyl (C=O) groups excluding carboxylic acids is 1. The molecular formula is C21H15F4N5O2. The van der Waals surface area contributed by atoms with E-state index < -0.39 is 29.5 Å². The Hall–Kier alpha value is -4.02. The third kappa shape index (κ3) is 4.36. The van der Waals surface area contributed by atoms with Crippen molar-refractivity contribution in [1.29, 1.82) is 0 Å². The highest BCUT2D eigenvalue weighted by molar-refractivity contribution is 6.03. The molecule has 4 aromatic rings. The van der Waals surface area contributed by atoms with E-state index in [0.29, 0.717) is 17.5 Å². The number of pyridine rings is 1. The van der Waals surface area contributed by atoms with Gasteiger partial charge in [0.15, 0.2) is 11.5 Å². The zero-order valence-electron chi connectivity index (χ0n) is 16.5. The monoisotopic (exact) mass is 445 g/mol. The predicted octanol–water partition coefficient (Wildman–Crippen LogP) is 4.95. The summed E-state index contributed by atoms with van der Waals surface area (Å²) >= 11 is 0. The highest BCUT2D eigenvalue weighted by atomic mass is 19.4. The van der Waals surface area contributed by atoms with Crippen molar-refractivity contribution in [2.45, 2.75) is 19.1 Å². The summed E-state index contributed by atoms with van der Waals surface area (Å²) in [5, 5.41) is 10.3. The van der Waals surface area contributed by atoms with Gasteiger partial charge in [0.05, 0.1) is 23.5 Å². The van der Waals surface area contributed by atoms with Crippen molar-refractivity contribution < 1.29 is 26.9 Å². The van der Waals surface area contributed by atoms with E-state index in [1.807, 2.05) is 0 Å². The molecule has 1 amide bonds. The van der Waals surface area contributed by atoms with Crippen LogP contribution in [0.15, 0.2) is 65.6 Å². The average molecular weight is 445 g/mol. The van der Waals surface area contributed by atoms with Crippen LogP contribution in [0.25, 0.3) is 11.5 Å². The van der Waals surface area contributed by atoms with Gasteiger partial charge < -0.3 is 9.84 Å². The highest BCUT2D eigenvalue weighted by Crippen LogP contribution is 2.36. The number of rotatable bonds is 5. The number of anilines is 1. The summed E-state index contributed by atoms with van der Waals surface area (Å²) in [6.45, 7) is 1.48. The Morgan fingerprint density at radius 2 is 2.00 bits per heavy atom. The van der Waals surface area contributed by atoms with Crippen LogP contribution in [0.1, 0.15) is 34.6 Å². The molecule has 1 aromatic carbocycles. The average Bonchev–Trinajstić information content (AvgIpc) is 3.43. The molecule has 0 aliphatic carbocycles. The molecule has 0 spiro atoms. The first kappa shape index (κ1) is 21.2. The summed E-state index contributed by atoms with van der Waals surface area (Å²) in [4.78, 5) is 16.6. The van der Waals surface area contributed by atoms with Gasteiger partial charge in [0.2, 0.25) is 0 Å². The number of benzene rings is 1. The molecule has 0 bridgehead atoms. The van der Waals surface area contributed by atoms with E-state index in [1.165, 1.54) is 30.1 Å². The van der Waals surface area contributed by atoms with E-state index in [9.17, 15) is 22.4 Å². The molecule has 3 aromatic heterocycles. The minimum absolute atomic E-state index is 0.00987. The maximum Gasteiger partial charge on any atom is 0.416 e. The van der Waals surface area contributed by atoms with Gasteiger partial charge in [-0.1, -0.05) is 17.3 Å². The van der Waals surface area contributed by atoms with Crippen molar-refractivity contribution in [2.24, 2.45) is 0 Å². The Morgan fingerprint density at radius 3 is 2.72 bits per heavy atom. The molecule has 0 saturated carbocycles. The lowest BCUT2D eigenvalue weighted by Crippen LogP contribution is -2.16. The summed E-state index contributed by atoms with van der Waals surface area (Å²) in [5.74, 6) is -1.28. The topological polar surface area (TPSA) is 85.8 Å². The lowest BCUT2D eigenvalue weighted by molar-refractivity contribution is -0.138. The van der Waals surface area contributed by atoms with Crippen molar-refractivity contribution in [3.05, 3.63) is 83.7 Å². The molecule has 0 radical (unpaired) electrons. The first-order chi connectivity index (χ1) is 15.2. The molecule has 1 N–H and O–H groups in total. The van der Waals surface area contributed by atoms with Gasteiger partial charge in [0.1, 0.15) is 11.5 Å². The van der Waals surface area contributed by atoms with Crippen LogP contribution in [-0.2, 0) is 6.18 Å². The van der Waals surface area contributed by atoms with E-state index >= 15 is 0 Å². The van der Waals surface area contributed by atoms with Crippen LogP contribution < -0.4 is 5.32 Å². The Labute approximate surface area is 178 Å². The fraction of sp³-hybridized carbons (Fsp3) is 0.143. The number of hydrogen-bond donors (Lipinski definition) is 1. The fourth-order valence-corrected chi connectivity index (χ4v) is 3.10. The predicted molar refractivity (Wildman–Crippen MR) is 105 cm³/mol. The van der Waals surface area contributed by atoms with E-state index in [2.05, 4.69) is 20.6 Å². The van der Waals surface area contributed by atoms with Crippen LogP contribution in [0.3, 0.4) is 0 Å². The normalized spacial score (nSPS) is 12.5. The smallest absolute Gasteiger partial charge is 0.354 e. The quantitative estimate of drug-likeness (QED) is 0.439. The largest absolute Gasteiger partial charge is 0.416 e. The van der Waals surface area contributed by atoms with Crippen LogP contribution in [-0.4, -0.2) is 25.8 Å². The first-order valence-corrected chi connectivity index (χ1v) is 9.32. The number of alkyl halides is 3. The highest BCUT2D eigenvalue weighted by Gasteiger charge is 2.35. The summed E-state index contributed by atoms with van der Waals surface area (Å²) in [7, 11) is 0. The van der Waals surface area contributed by atoms with Gasteiger partial charge in [-0.2, -0.15) is 18.3 Å². The molecule has 0 saturated heterocycles. The number of amides is 1. The van der Waals surface area contributed by atoms with Crippen molar-refractivity contribution in [3.63, 3.8) is 0 Å². The summed E-state index contributed by atoms with van der Waals surface area (Å²) < 4.78 is 59.7. The second-order valence-electron chi connectivity index (χ2n) is 6.86. The van der Waals surface area contributed by atoms with Gasteiger partial charge in [-0.25, -0.2) is 4.39 Å². The zero-order valence-corrected chi connectivity index (χ0v) is 16.5. The number of aromatic nitrogens is 4. The van der Waals surface area contributed by atoms with Gasteiger partial charge in [-0.15, -0.1) is 0 Å². The summed E-state index contributed by atoms with van der Waals surface area (Å²) in [5.41, 5.74) is -0.517. The van der Waals surface area contributed by atoms with Gasteiger partial charge >= 0.3 is 6.18 Å². The molecule has 11 heteroatoms. The molecule has 3 heterocycles. The minimum Gasteiger partial charge on any atom is -0.354 e. The number of hydrogen-bond acceptors (Lipinski definition) is 5. The Bertz CT molecular complexity index is 1250. The van der Waals surface area contributed by atoms with Crippen LogP contribution >= 0.6 is 0 Å². The zero-order chi connectivity index (χ0) is 22.9. The van der Waals surface area contributed by atoms with Crippen molar-refractivity contribution >= 4 is 11.6 Å². The Kier molecular flexibility index (Phi) is 5.47. The maximum atomic E-state index is 13.4. The van der Waals surface area contributed by atoms with Crippen LogP contribution in [0.5, 0.6) is 0 Å². The molecule has 1 atom stereocenters. The van der Waals surface area contributed by atoms with Crippen molar-refractivity contribution in [1.82, 2.24) is 19.9 Å². The standard InChI is InChI=1S/C21H15F4N5O2/c1-12(15-6-5-13(22)8-16(15)21(23,24)25)30-11-14(10-27-30)28-20(31)18-9-19(32-29-18)17-4-2-3-7-26-17/h2-12H,1H3,(H,28,31)/t12-/m1/s1. The van der Waals surface area contributed by atoms with Gasteiger partial charge in [0, 0.05) is 18.5 Å². The molecule has 4 rings (SSSR count).